The normalized spacial score (nSPS) is 22.5. The Bertz CT molecular complexity index is 248. The molecule has 1 saturated heterocycles. The third kappa shape index (κ3) is 6.03. The van der Waals surface area contributed by atoms with Crippen molar-refractivity contribution in [3.8, 4) is 0 Å². The Hall–Kier alpha value is -0.610. The van der Waals surface area contributed by atoms with Crippen molar-refractivity contribution in [2.75, 3.05) is 26.7 Å². The Morgan fingerprint density at radius 1 is 1.35 bits per heavy atom. The standard InChI is InChI=1S/C13H27N3O/c1-13(2,3)15-10-12(17)14-9-11-7-5-6-8-16(11)4/h11,15H,5-10H2,1-4H3,(H,14,17). The SMILES string of the molecule is CN1CCCCC1CNC(=O)CNC(C)(C)C. The lowest BCUT2D eigenvalue weighted by molar-refractivity contribution is -0.120. The molecule has 4 heteroatoms. The number of hydrogen-bond acceptors (Lipinski definition) is 3. The molecule has 0 aliphatic carbocycles. The Morgan fingerprint density at radius 3 is 2.65 bits per heavy atom. The highest BCUT2D eigenvalue weighted by molar-refractivity contribution is 5.78. The maximum atomic E-state index is 11.6. The molecule has 2 N–H and O–H groups in total. The Labute approximate surface area is 105 Å². The van der Waals surface area contributed by atoms with Gasteiger partial charge in [-0.25, -0.2) is 0 Å². The zero-order valence-electron chi connectivity index (χ0n) is 11.7. The van der Waals surface area contributed by atoms with Crippen LogP contribution < -0.4 is 10.6 Å². The summed E-state index contributed by atoms with van der Waals surface area (Å²) in [6.45, 7) is 8.53. The first-order valence-electron chi connectivity index (χ1n) is 6.60. The molecule has 0 radical (unpaired) electrons. The predicted molar refractivity (Wildman–Crippen MR) is 71.0 cm³/mol. The van der Waals surface area contributed by atoms with Crippen LogP contribution in [0.2, 0.25) is 0 Å². The maximum Gasteiger partial charge on any atom is 0.234 e. The van der Waals surface area contributed by atoms with Crippen LogP contribution in [-0.2, 0) is 4.79 Å². The van der Waals surface area contributed by atoms with E-state index in [0.717, 1.165) is 13.1 Å². The molecule has 0 bridgehead atoms. The van der Waals surface area contributed by atoms with Crippen LogP contribution in [0.15, 0.2) is 0 Å². The van der Waals surface area contributed by atoms with Crippen molar-refractivity contribution in [1.29, 1.82) is 0 Å². The molecule has 1 heterocycles. The lowest BCUT2D eigenvalue weighted by atomic mass is 10.0. The summed E-state index contributed by atoms with van der Waals surface area (Å²) < 4.78 is 0. The largest absolute Gasteiger partial charge is 0.353 e. The molecule has 1 fully saturated rings. The van der Waals surface area contributed by atoms with Gasteiger partial charge < -0.3 is 15.5 Å². The molecular weight excluding hydrogens is 214 g/mol. The summed E-state index contributed by atoms with van der Waals surface area (Å²) in [5.74, 6) is 0.0962. The molecule has 100 valence electrons. The monoisotopic (exact) mass is 241 g/mol. The maximum absolute atomic E-state index is 11.6. The molecule has 1 aliphatic rings. The number of amides is 1. The quantitative estimate of drug-likeness (QED) is 0.771. The highest BCUT2D eigenvalue weighted by atomic mass is 16.1. The van der Waals surface area contributed by atoms with E-state index in [4.69, 9.17) is 0 Å². The average molecular weight is 241 g/mol. The van der Waals surface area contributed by atoms with Gasteiger partial charge in [0.15, 0.2) is 0 Å². The van der Waals surface area contributed by atoms with Gasteiger partial charge in [-0.15, -0.1) is 0 Å². The molecule has 4 nitrogen and oxygen atoms in total. The Kier molecular flexibility index (Phi) is 5.40. The molecule has 17 heavy (non-hydrogen) atoms. The minimum absolute atomic E-state index is 0.00102. The van der Waals surface area contributed by atoms with Crippen LogP contribution in [0, 0.1) is 0 Å². The highest BCUT2D eigenvalue weighted by Gasteiger charge is 2.19. The van der Waals surface area contributed by atoms with Crippen molar-refractivity contribution in [2.45, 2.75) is 51.6 Å². The van der Waals surface area contributed by atoms with Gasteiger partial charge in [-0.05, 0) is 47.2 Å². The fourth-order valence-corrected chi connectivity index (χ4v) is 2.04. The van der Waals surface area contributed by atoms with E-state index in [9.17, 15) is 4.79 Å². The van der Waals surface area contributed by atoms with E-state index >= 15 is 0 Å². The van der Waals surface area contributed by atoms with Gasteiger partial charge in [0.2, 0.25) is 5.91 Å². The smallest absolute Gasteiger partial charge is 0.234 e. The number of carbonyl (C=O) groups is 1. The first-order chi connectivity index (χ1) is 7.88. The Morgan fingerprint density at radius 2 is 2.06 bits per heavy atom. The summed E-state index contributed by atoms with van der Waals surface area (Å²) in [6.07, 6.45) is 3.77. The number of hydrogen-bond donors (Lipinski definition) is 2. The summed E-state index contributed by atoms with van der Waals surface area (Å²) >= 11 is 0. The number of carbonyl (C=O) groups excluding carboxylic acids is 1. The van der Waals surface area contributed by atoms with E-state index in [1.807, 2.05) is 0 Å². The minimum Gasteiger partial charge on any atom is -0.353 e. The molecule has 0 aromatic heterocycles. The molecule has 1 aliphatic heterocycles. The predicted octanol–water partition coefficient (Wildman–Crippen LogP) is 0.975. The van der Waals surface area contributed by atoms with Crippen LogP contribution in [0.25, 0.3) is 0 Å². The number of piperidine rings is 1. The van der Waals surface area contributed by atoms with Crippen LogP contribution in [-0.4, -0.2) is 49.1 Å². The van der Waals surface area contributed by atoms with Crippen molar-refractivity contribution >= 4 is 5.91 Å². The van der Waals surface area contributed by atoms with Crippen molar-refractivity contribution in [1.82, 2.24) is 15.5 Å². The first kappa shape index (κ1) is 14.5. The molecule has 0 aromatic carbocycles. The second-order valence-electron chi connectivity index (χ2n) is 6.04. The third-order valence-electron chi connectivity index (χ3n) is 3.24. The lowest BCUT2D eigenvalue weighted by Crippen LogP contribution is -2.48. The molecule has 0 saturated carbocycles. The summed E-state index contributed by atoms with van der Waals surface area (Å²) in [6, 6.07) is 0.516. The fourth-order valence-electron chi connectivity index (χ4n) is 2.04. The summed E-state index contributed by atoms with van der Waals surface area (Å²) in [5, 5.41) is 6.21. The fraction of sp³-hybridized carbons (Fsp3) is 0.923. The van der Waals surface area contributed by atoms with E-state index in [0.29, 0.717) is 12.6 Å². The van der Waals surface area contributed by atoms with Crippen molar-refractivity contribution in [3.63, 3.8) is 0 Å². The molecule has 1 amide bonds. The zero-order valence-corrected chi connectivity index (χ0v) is 11.7. The van der Waals surface area contributed by atoms with Crippen molar-refractivity contribution in [3.05, 3.63) is 0 Å². The number of nitrogens with zero attached hydrogens (tertiary/aromatic N) is 1. The number of nitrogens with one attached hydrogen (secondary N) is 2. The van der Waals surface area contributed by atoms with Gasteiger partial charge in [0, 0.05) is 18.1 Å². The molecule has 0 spiro atoms. The van der Waals surface area contributed by atoms with Crippen LogP contribution in [0.3, 0.4) is 0 Å². The summed E-state index contributed by atoms with van der Waals surface area (Å²) in [7, 11) is 2.14. The minimum atomic E-state index is -0.00102. The Balaban J connectivity index is 2.19. The first-order valence-corrected chi connectivity index (χ1v) is 6.60. The second kappa shape index (κ2) is 6.36. The van der Waals surface area contributed by atoms with E-state index in [-0.39, 0.29) is 11.4 Å². The van der Waals surface area contributed by atoms with Gasteiger partial charge in [-0.1, -0.05) is 6.42 Å². The number of likely N-dealkylation sites (tertiary alicyclic amines) is 1. The van der Waals surface area contributed by atoms with Crippen LogP contribution in [0.1, 0.15) is 40.0 Å². The number of rotatable bonds is 4. The lowest BCUT2D eigenvalue weighted by Gasteiger charge is -2.32. The van der Waals surface area contributed by atoms with Crippen LogP contribution >= 0.6 is 0 Å². The van der Waals surface area contributed by atoms with Gasteiger partial charge in [-0.3, -0.25) is 4.79 Å². The topological polar surface area (TPSA) is 44.4 Å². The van der Waals surface area contributed by atoms with E-state index in [2.05, 4.69) is 43.4 Å². The summed E-state index contributed by atoms with van der Waals surface area (Å²) in [4.78, 5) is 14.0. The second-order valence-corrected chi connectivity index (χ2v) is 6.04. The van der Waals surface area contributed by atoms with Gasteiger partial charge in [0.25, 0.3) is 0 Å². The molecular formula is C13H27N3O. The molecule has 1 atom stereocenters. The number of likely N-dealkylation sites (N-methyl/N-ethyl adjacent to an activating group) is 1. The zero-order chi connectivity index (χ0) is 12.9. The third-order valence-corrected chi connectivity index (χ3v) is 3.24. The van der Waals surface area contributed by atoms with E-state index in [1.54, 1.807) is 0 Å². The van der Waals surface area contributed by atoms with Crippen LogP contribution in [0.5, 0.6) is 0 Å². The van der Waals surface area contributed by atoms with Crippen molar-refractivity contribution < 1.29 is 4.79 Å². The molecule has 1 unspecified atom stereocenters. The van der Waals surface area contributed by atoms with E-state index < -0.39 is 0 Å². The van der Waals surface area contributed by atoms with Gasteiger partial charge >= 0.3 is 0 Å². The van der Waals surface area contributed by atoms with E-state index in [1.165, 1.54) is 19.3 Å². The average Bonchev–Trinajstić information content (AvgIpc) is 2.24. The van der Waals surface area contributed by atoms with Gasteiger partial charge in [-0.2, -0.15) is 0 Å². The van der Waals surface area contributed by atoms with Crippen molar-refractivity contribution in [2.24, 2.45) is 0 Å². The van der Waals surface area contributed by atoms with Gasteiger partial charge in [0.1, 0.15) is 0 Å². The molecule has 0 aromatic rings. The summed E-state index contributed by atoms with van der Waals surface area (Å²) in [5.41, 5.74) is -0.00102. The highest BCUT2D eigenvalue weighted by Crippen LogP contribution is 2.13. The molecule has 1 rings (SSSR count). The van der Waals surface area contributed by atoms with Gasteiger partial charge in [0.05, 0.1) is 6.54 Å². The van der Waals surface area contributed by atoms with Crippen LogP contribution in [0.4, 0.5) is 0 Å².